The number of fused-ring (bicyclic) bond motifs is 4. The molecular weight excluding hydrogens is 711 g/mol. The number of hydrogen-bond acceptors (Lipinski definition) is 4. The first-order chi connectivity index (χ1) is 27.7. The maximum atomic E-state index is 12.4. The van der Waals surface area contributed by atoms with Crippen molar-refractivity contribution in [3.63, 3.8) is 0 Å². The highest BCUT2D eigenvalue weighted by molar-refractivity contribution is 6.22. The summed E-state index contributed by atoms with van der Waals surface area (Å²) >= 11 is 0. The molecule has 0 unspecified atom stereocenters. The number of imidazole rings is 1. The Balaban J connectivity index is 1.31. The Kier molecular flexibility index (Phi) is 7.72. The largest absolute Gasteiger partial charge is 0.507 e. The third-order valence-electron chi connectivity index (χ3n) is 12.3. The summed E-state index contributed by atoms with van der Waals surface area (Å²) in [6.07, 6.45) is 1.68. The SMILES string of the molecule is Cc1ccc(-n2c(-c3cc(C(C)(C)C)cc(C(C)(C)C)c3O)nc3c(-c4ccc5c(c4)c4ncnc6ccc7c(C)c(C)n5c7c64)cccc32)c(-c2ccccc2)c1. The maximum Gasteiger partial charge on any atom is 0.149 e. The third kappa shape index (κ3) is 5.27. The number of rotatable bonds is 4. The first-order valence-corrected chi connectivity index (χ1v) is 20.2. The van der Waals surface area contributed by atoms with Gasteiger partial charge in [-0.1, -0.05) is 114 Å². The number of benzene rings is 6. The maximum absolute atomic E-state index is 12.4. The van der Waals surface area contributed by atoms with E-state index in [9.17, 15) is 5.11 Å². The summed E-state index contributed by atoms with van der Waals surface area (Å²) in [7, 11) is 0. The van der Waals surface area contributed by atoms with Gasteiger partial charge in [0, 0.05) is 33.2 Å². The molecule has 6 nitrogen and oxygen atoms in total. The van der Waals surface area contributed by atoms with Gasteiger partial charge in [0.05, 0.1) is 49.7 Å². The molecule has 0 saturated heterocycles. The third-order valence-corrected chi connectivity index (χ3v) is 12.3. The average molecular weight is 758 g/mol. The molecule has 0 aliphatic heterocycles. The minimum absolute atomic E-state index is 0.167. The normalized spacial score (nSPS) is 12.6. The first kappa shape index (κ1) is 35.9. The summed E-state index contributed by atoms with van der Waals surface area (Å²) in [5.74, 6) is 0.957. The van der Waals surface area contributed by atoms with E-state index in [2.05, 4.69) is 180 Å². The molecule has 58 heavy (non-hydrogen) atoms. The summed E-state index contributed by atoms with van der Waals surface area (Å²) in [5, 5.41) is 15.8. The molecule has 6 aromatic carbocycles. The van der Waals surface area contributed by atoms with Gasteiger partial charge >= 0.3 is 0 Å². The molecule has 0 amide bonds. The number of phenolic OH excluding ortho intramolecular Hbond substituents is 1. The van der Waals surface area contributed by atoms with E-state index in [1.165, 1.54) is 27.7 Å². The standard InChI is InChI=1S/C52H47N5O/c1-29-18-22-42(37(24-29)32-14-11-10-12-15-32)57-44-17-13-16-36(46(44)55-50(57)39-26-34(51(4,5)6)27-40(49(39)58)52(7,8)9)33-19-23-43-38(25-33)47-45-41(53-28-54-47)21-20-35-30(2)31(3)56(43)48(35)45/h10-28,58H,1-9H3. The summed E-state index contributed by atoms with van der Waals surface area (Å²) < 4.78 is 4.65. The monoisotopic (exact) mass is 757 g/mol. The van der Waals surface area contributed by atoms with Crippen molar-refractivity contribution >= 4 is 49.3 Å². The predicted molar refractivity (Wildman–Crippen MR) is 241 cm³/mol. The second-order valence-electron chi connectivity index (χ2n) is 18.1. The number of hydrogen-bond donors (Lipinski definition) is 1. The smallest absolute Gasteiger partial charge is 0.149 e. The number of aromatic hydroxyl groups is 1. The Bertz CT molecular complexity index is 3280. The molecule has 10 aromatic rings. The van der Waals surface area contributed by atoms with Crippen LogP contribution in [-0.2, 0) is 10.8 Å². The van der Waals surface area contributed by atoms with E-state index in [1.807, 2.05) is 0 Å². The van der Waals surface area contributed by atoms with Gasteiger partial charge in [-0.15, -0.1) is 0 Å². The lowest BCUT2D eigenvalue weighted by atomic mass is 9.79. The molecule has 0 radical (unpaired) electrons. The van der Waals surface area contributed by atoms with E-state index in [0.29, 0.717) is 11.4 Å². The van der Waals surface area contributed by atoms with E-state index in [0.717, 1.165) is 77.4 Å². The zero-order chi connectivity index (χ0) is 40.4. The average Bonchev–Trinajstić information content (AvgIpc) is 3.71. The van der Waals surface area contributed by atoms with Crippen LogP contribution in [0.2, 0.25) is 0 Å². The zero-order valence-electron chi connectivity index (χ0n) is 34.7. The molecule has 0 fully saturated rings. The number of phenols is 1. The van der Waals surface area contributed by atoms with Gasteiger partial charge in [0.1, 0.15) is 17.9 Å². The van der Waals surface area contributed by atoms with Gasteiger partial charge in [0.25, 0.3) is 0 Å². The summed E-state index contributed by atoms with van der Waals surface area (Å²) in [6.45, 7) is 19.7. The summed E-state index contributed by atoms with van der Waals surface area (Å²) in [5.41, 5.74) is 17.2. The van der Waals surface area contributed by atoms with E-state index in [-0.39, 0.29) is 16.6 Å². The second kappa shape index (κ2) is 12.5. The van der Waals surface area contributed by atoms with E-state index in [4.69, 9.17) is 15.0 Å². The van der Waals surface area contributed by atoms with Gasteiger partial charge < -0.3 is 9.51 Å². The second-order valence-corrected chi connectivity index (χ2v) is 18.1. The van der Waals surface area contributed by atoms with Gasteiger partial charge in [0.15, 0.2) is 0 Å². The lowest BCUT2D eigenvalue weighted by Gasteiger charge is -2.27. The van der Waals surface area contributed by atoms with Crippen LogP contribution in [0.25, 0.3) is 88.6 Å². The van der Waals surface area contributed by atoms with Gasteiger partial charge in [-0.05, 0) is 96.3 Å². The number of para-hydroxylation sites is 1. The molecule has 0 aliphatic carbocycles. The molecule has 4 heterocycles. The van der Waals surface area contributed by atoms with Gasteiger partial charge in [0.2, 0.25) is 0 Å². The van der Waals surface area contributed by atoms with Crippen molar-refractivity contribution in [2.75, 3.05) is 0 Å². The molecule has 6 heteroatoms. The Labute approximate surface area is 338 Å². The predicted octanol–water partition coefficient (Wildman–Crippen LogP) is 13.2. The highest BCUT2D eigenvalue weighted by Crippen LogP contribution is 2.46. The van der Waals surface area contributed by atoms with Gasteiger partial charge in [-0.3, -0.25) is 4.57 Å². The quantitative estimate of drug-likeness (QED) is 0.143. The first-order valence-electron chi connectivity index (χ1n) is 20.2. The van der Waals surface area contributed by atoms with Crippen LogP contribution in [0, 0.1) is 20.8 Å². The molecule has 1 N–H and O–H groups in total. The van der Waals surface area contributed by atoms with Crippen molar-refractivity contribution in [1.29, 1.82) is 0 Å². The fourth-order valence-corrected chi connectivity index (χ4v) is 9.05. The Morgan fingerprint density at radius 2 is 1.40 bits per heavy atom. The highest BCUT2D eigenvalue weighted by Gasteiger charge is 2.29. The van der Waals surface area contributed by atoms with Crippen molar-refractivity contribution in [3.05, 3.63) is 143 Å². The van der Waals surface area contributed by atoms with Crippen molar-refractivity contribution in [3.8, 4) is 45.1 Å². The number of nitrogens with zero attached hydrogens (tertiary/aromatic N) is 5. The summed E-state index contributed by atoms with van der Waals surface area (Å²) in [6, 6.07) is 39.0. The van der Waals surface area contributed by atoms with Gasteiger partial charge in [-0.25, -0.2) is 15.0 Å². The number of aromatic nitrogens is 5. The van der Waals surface area contributed by atoms with E-state index < -0.39 is 0 Å². The topological polar surface area (TPSA) is 68.2 Å². The minimum atomic E-state index is -0.308. The lowest BCUT2D eigenvalue weighted by molar-refractivity contribution is 0.446. The van der Waals surface area contributed by atoms with Crippen LogP contribution in [0.3, 0.4) is 0 Å². The molecule has 10 rings (SSSR count). The minimum Gasteiger partial charge on any atom is -0.507 e. The Morgan fingerprint density at radius 3 is 2.16 bits per heavy atom. The van der Waals surface area contributed by atoms with Crippen molar-refractivity contribution in [1.82, 2.24) is 23.9 Å². The highest BCUT2D eigenvalue weighted by atomic mass is 16.3. The van der Waals surface area contributed by atoms with Crippen molar-refractivity contribution in [2.24, 2.45) is 0 Å². The zero-order valence-corrected chi connectivity index (χ0v) is 34.7. The molecule has 286 valence electrons. The molecule has 0 atom stereocenters. The molecular formula is C52H47N5O. The molecule has 4 aromatic heterocycles. The molecule has 0 aliphatic rings. The Hall–Kier alpha value is -6.53. The molecule has 0 saturated carbocycles. The fourth-order valence-electron chi connectivity index (χ4n) is 9.05. The van der Waals surface area contributed by atoms with Crippen LogP contribution in [0.15, 0.2) is 116 Å². The van der Waals surface area contributed by atoms with Gasteiger partial charge in [-0.2, -0.15) is 0 Å². The number of aryl methyl sites for hydroxylation is 3. The fraction of sp³-hybridized carbons (Fsp3) is 0.212. The van der Waals surface area contributed by atoms with Crippen LogP contribution in [-0.4, -0.2) is 29.0 Å². The van der Waals surface area contributed by atoms with E-state index >= 15 is 0 Å². The van der Waals surface area contributed by atoms with Crippen LogP contribution < -0.4 is 0 Å². The Morgan fingerprint density at radius 1 is 0.603 bits per heavy atom. The van der Waals surface area contributed by atoms with Crippen LogP contribution >= 0.6 is 0 Å². The van der Waals surface area contributed by atoms with E-state index in [1.54, 1.807) is 6.33 Å². The van der Waals surface area contributed by atoms with Crippen LogP contribution in [0.4, 0.5) is 0 Å². The van der Waals surface area contributed by atoms with Crippen molar-refractivity contribution < 1.29 is 5.11 Å². The summed E-state index contributed by atoms with van der Waals surface area (Å²) in [4.78, 5) is 15.2. The van der Waals surface area contributed by atoms with Crippen LogP contribution in [0.1, 0.15) is 69.5 Å². The van der Waals surface area contributed by atoms with Crippen molar-refractivity contribution in [2.45, 2.75) is 73.1 Å². The lowest BCUT2D eigenvalue weighted by Crippen LogP contribution is -2.17. The molecule has 0 spiro atoms. The molecule has 0 bridgehead atoms. The number of pyridine rings is 1. The van der Waals surface area contributed by atoms with Crippen LogP contribution in [0.5, 0.6) is 5.75 Å².